The topological polar surface area (TPSA) is 97.0 Å². The number of anilines is 4. The van der Waals surface area contributed by atoms with E-state index in [0.717, 1.165) is 30.8 Å². The van der Waals surface area contributed by atoms with Crippen molar-refractivity contribution in [3.63, 3.8) is 0 Å². The van der Waals surface area contributed by atoms with Gasteiger partial charge in [-0.05, 0) is 36.1 Å². The summed E-state index contributed by atoms with van der Waals surface area (Å²) < 4.78 is 0. The number of para-hydroxylation sites is 2. The zero-order valence-electron chi connectivity index (χ0n) is 16.8. The van der Waals surface area contributed by atoms with Crippen LogP contribution in [0.3, 0.4) is 0 Å². The normalized spacial score (nSPS) is 12.6. The van der Waals surface area contributed by atoms with Crippen LogP contribution in [-0.2, 0) is 23.4 Å². The molecule has 0 atom stereocenters. The molecule has 0 aliphatic carbocycles. The quantitative estimate of drug-likeness (QED) is 0.603. The van der Waals surface area contributed by atoms with Crippen LogP contribution in [0.5, 0.6) is 0 Å². The van der Waals surface area contributed by atoms with Crippen molar-refractivity contribution in [1.82, 2.24) is 15.0 Å². The highest BCUT2D eigenvalue weighted by Crippen LogP contribution is 2.28. The Morgan fingerprint density at radius 2 is 1.93 bits per heavy atom. The van der Waals surface area contributed by atoms with E-state index in [-0.39, 0.29) is 11.9 Å². The Bertz CT molecular complexity index is 1060. The number of thioether (sulfide) groups is 1. The Morgan fingerprint density at radius 1 is 1.13 bits per heavy atom. The third kappa shape index (κ3) is 4.54. The van der Waals surface area contributed by atoms with Crippen molar-refractivity contribution in [2.45, 2.75) is 25.5 Å². The molecule has 154 valence electrons. The molecule has 7 nitrogen and oxygen atoms in total. The molecule has 0 fully saturated rings. The summed E-state index contributed by atoms with van der Waals surface area (Å²) in [5.41, 5.74) is 10.3. The Morgan fingerprint density at radius 3 is 2.80 bits per heavy atom. The monoisotopic (exact) mass is 420 g/mol. The Labute approximate surface area is 180 Å². The minimum absolute atomic E-state index is 0.0993. The number of benzene rings is 2. The summed E-state index contributed by atoms with van der Waals surface area (Å²) >= 11 is 1.48. The number of aromatic nitrogens is 3. The van der Waals surface area contributed by atoms with E-state index in [4.69, 9.17) is 5.73 Å². The minimum atomic E-state index is 0.0993. The van der Waals surface area contributed by atoms with Crippen molar-refractivity contribution in [2.75, 3.05) is 28.2 Å². The van der Waals surface area contributed by atoms with Gasteiger partial charge in [0.25, 0.3) is 0 Å². The van der Waals surface area contributed by atoms with Crippen molar-refractivity contribution in [2.24, 2.45) is 0 Å². The molecular formula is C22H24N6OS. The second-order valence-corrected chi connectivity index (χ2v) is 7.97. The van der Waals surface area contributed by atoms with Crippen LogP contribution >= 0.6 is 11.8 Å². The van der Waals surface area contributed by atoms with E-state index >= 15 is 0 Å². The predicted octanol–water partition coefficient (Wildman–Crippen LogP) is 3.58. The molecular weight excluding hydrogens is 396 g/mol. The number of nitrogen functional groups attached to an aromatic ring is 1. The van der Waals surface area contributed by atoms with Gasteiger partial charge in [0.05, 0.1) is 11.5 Å². The van der Waals surface area contributed by atoms with Crippen LogP contribution in [0.2, 0.25) is 0 Å². The average molecular weight is 421 g/mol. The number of aryl methyl sites for hydroxylation is 1. The van der Waals surface area contributed by atoms with Crippen LogP contribution in [0.15, 0.2) is 48.5 Å². The molecule has 0 spiro atoms. The SMILES string of the molecule is CCc1ccccc1Nc1nc(N)nc(CSCC(=O)N2CCc3ccccc32)n1. The van der Waals surface area contributed by atoms with Gasteiger partial charge in [0.2, 0.25) is 17.8 Å². The maximum Gasteiger partial charge on any atom is 0.237 e. The van der Waals surface area contributed by atoms with Crippen molar-refractivity contribution in [1.29, 1.82) is 0 Å². The van der Waals surface area contributed by atoms with Crippen LogP contribution < -0.4 is 16.0 Å². The predicted molar refractivity (Wildman–Crippen MR) is 122 cm³/mol. The van der Waals surface area contributed by atoms with E-state index in [1.807, 2.05) is 41.3 Å². The van der Waals surface area contributed by atoms with Crippen molar-refractivity contribution in [3.8, 4) is 0 Å². The standard InChI is InChI=1S/C22H24N6OS/c1-2-15-7-3-5-9-17(15)24-22-26-19(25-21(23)27-22)13-30-14-20(29)28-12-11-16-8-4-6-10-18(16)28/h3-10H,2,11-14H2,1H3,(H3,23,24,25,26,27). The number of fused-ring (bicyclic) bond motifs is 1. The lowest BCUT2D eigenvalue weighted by atomic mass is 10.1. The zero-order valence-corrected chi connectivity index (χ0v) is 17.7. The van der Waals surface area contributed by atoms with E-state index in [9.17, 15) is 4.79 Å². The number of nitrogens with two attached hydrogens (primary N) is 1. The highest BCUT2D eigenvalue weighted by Gasteiger charge is 2.23. The highest BCUT2D eigenvalue weighted by molar-refractivity contribution is 7.99. The molecule has 0 unspecified atom stereocenters. The van der Waals surface area contributed by atoms with Crippen LogP contribution in [-0.4, -0.2) is 33.2 Å². The van der Waals surface area contributed by atoms with Gasteiger partial charge in [-0.2, -0.15) is 15.0 Å². The van der Waals surface area contributed by atoms with E-state index in [1.54, 1.807) is 0 Å². The molecule has 1 aliphatic rings. The Kier molecular flexibility index (Phi) is 6.13. The number of carbonyl (C=O) groups is 1. The second-order valence-electron chi connectivity index (χ2n) is 6.99. The van der Waals surface area contributed by atoms with Crippen molar-refractivity contribution in [3.05, 3.63) is 65.5 Å². The number of amides is 1. The summed E-state index contributed by atoms with van der Waals surface area (Å²) in [6.45, 7) is 2.84. The number of hydrogen-bond donors (Lipinski definition) is 2. The molecule has 0 bridgehead atoms. The number of hydrogen-bond acceptors (Lipinski definition) is 7. The lowest BCUT2D eigenvalue weighted by Gasteiger charge is -2.17. The van der Waals surface area contributed by atoms with Crippen LogP contribution in [0.1, 0.15) is 23.9 Å². The first-order valence-electron chi connectivity index (χ1n) is 9.95. The van der Waals surface area contributed by atoms with Gasteiger partial charge in [0, 0.05) is 17.9 Å². The fourth-order valence-corrected chi connectivity index (χ4v) is 4.28. The van der Waals surface area contributed by atoms with Gasteiger partial charge in [-0.15, -0.1) is 11.8 Å². The molecule has 1 aliphatic heterocycles. The average Bonchev–Trinajstić information content (AvgIpc) is 3.18. The summed E-state index contributed by atoms with van der Waals surface area (Å²) in [6, 6.07) is 16.1. The van der Waals surface area contributed by atoms with Gasteiger partial charge >= 0.3 is 0 Å². The molecule has 8 heteroatoms. The fourth-order valence-electron chi connectivity index (χ4n) is 3.53. The first-order chi connectivity index (χ1) is 14.6. The Hall–Kier alpha value is -3.13. The third-order valence-electron chi connectivity index (χ3n) is 4.99. The molecule has 30 heavy (non-hydrogen) atoms. The number of nitrogens with one attached hydrogen (secondary N) is 1. The van der Waals surface area contributed by atoms with E-state index in [2.05, 4.69) is 39.3 Å². The molecule has 4 rings (SSSR count). The van der Waals surface area contributed by atoms with Gasteiger partial charge in [0.15, 0.2) is 0 Å². The minimum Gasteiger partial charge on any atom is -0.368 e. The summed E-state index contributed by atoms with van der Waals surface area (Å²) in [4.78, 5) is 27.4. The lowest BCUT2D eigenvalue weighted by Crippen LogP contribution is -2.30. The summed E-state index contributed by atoms with van der Waals surface area (Å²) in [5.74, 6) is 2.08. The van der Waals surface area contributed by atoms with Gasteiger partial charge in [-0.25, -0.2) is 0 Å². The number of carbonyl (C=O) groups excluding carboxylic acids is 1. The van der Waals surface area contributed by atoms with Gasteiger partial charge in [-0.3, -0.25) is 4.79 Å². The molecule has 0 radical (unpaired) electrons. The molecule has 2 heterocycles. The van der Waals surface area contributed by atoms with E-state index in [1.165, 1.54) is 22.9 Å². The van der Waals surface area contributed by atoms with Gasteiger partial charge in [-0.1, -0.05) is 43.3 Å². The summed E-state index contributed by atoms with van der Waals surface area (Å²) in [6.07, 6.45) is 1.80. The smallest absolute Gasteiger partial charge is 0.237 e. The molecule has 1 aromatic heterocycles. The zero-order chi connectivity index (χ0) is 20.9. The molecule has 1 amide bonds. The number of rotatable bonds is 7. The Balaban J connectivity index is 1.38. The fraction of sp³-hybridized carbons (Fsp3) is 0.273. The number of nitrogens with zero attached hydrogens (tertiary/aromatic N) is 4. The second kappa shape index (κ2) is 9.13. The highest BCUT2D eigenvalue weighted by atomic mass is 32.2. The first kappa shape index (κ1) is 20.2. The molecule has 2 aromatic carbocycles. The first-order valence-corrected chi connectivity index (χ1v) is 11.1. The third-order valence-corrected chi connectivity index (χ3v) is 5.90. The maximum atomic E-state index is 12.7. The largest absolute Gasteiger partial charge is 0.368 e. The lowest BCUT2D eigenvalue weighted by molar-refractivity contribution is -0.116. The van der Waals surface area contributed by atoms with Gasteiger partial charge < -0.3 is 16.0 Å². The van der Waals surface area contributed by atoms with Crippen LogP contribution in [0, 0.1) is 0 Å². The van der Waals surface area contributed by atoms with Crippen molar-refractivity contribution >= 4 is 40.9 Å². The van der Waals surface area contributed by atoms with Crippen LogP contribution in [0.25, 0.3) is 0 Å². The van der Waals surface area contributed by atoms with E-state index < -0.39 is 0 Å². The maximum absolute atomic E-state index is 12.7. The van der Waals surface area contributed by atoms with Gasteiger partial charge in [0.1, 0.15) is 5.82 Å². The molecule has 3 aromatic rings. The molecule has 0 saturated heterocycles. The molecule has 0 saturated carbocycles. The summed E-state index contributed by atoms with van der Waals surface area (Å²) in [5, 5.41) is 3.23. The van der Waals surface area contributed by atoms with Crippen molar-refractivity contribution < 1.29 is 4.79 Å². The van der Waals surface area contributed by atoms with Crippen LogP contribution in [0.4, 0.5) is 23.3 Å². The summed E-state index contributed by atoms with van der Waals surface area (Å²) in [7, 11) is 0. The molecule has 3 N–H and O–H groups in total. The van der Waals surface area contributed by atoms with E-state index in [0.29, 0.717) is 23.3 Å².